The molecule has 0 radical (unpaired) electrons. The maximum Gasteiger partial charge on any atom is 0.233 e. The van der Waals surface area contributed by atoms with Crippen LogP contribution in [0.25, 0.3) is 0 Å². The smallest absolute Gasteiger partial charge is 0.233 e. The van der Waals surface area contributed by atoms with Gasteiger partial charge in [-0.1, -0.05) is 24.8 Å². The fourth-order valence-electron chi connectivity index (χ4n) is 4.07. The lowest BCUT2D eigenvalue weighted by atomic mass is 10.1. The number of hydrogen-bond acceptors (Lipinski definition) is 5. The molecule has 1 amide bonds. The van der Waals surface area contributed by atoms with Crippen molar-refractivity contribution in [3.8, 4) is 17.6 Å². The number of hydrogen-bond donors (Lipinski definition) is 1. The van der Waals surface area contributed by atoms with E-state index in [0.29, 0.717) is 17.1 Å². The Kier molecular flexibility index (Phi) is 6.76. The van der Waals surface area contributed by atoms with Gasteiger partial charge in [-0.3, -0.25) is 9.52 Å². The highest BCUT2D eigenvalue weighted by molar-refractivity contribution is 7.84. The van der Waals surface area contributed by atoms with Gasteiger partial charge in [-0.2, -0.15) is 5.26 Å². The minimum atomic E-state index is -1.39. The molecule has 0 saturated carbocycles. The highest BCUT2D eigenvalue weighted by Crippen LogP contribution is 2.36. The lowest BCUT2D eigenvalue weighted by Gasteiger charge is -2.17. The number of nitrogens with zero attached hydrogens (tertiary/aromatic N) is 1. The molecule has 1 N–H and O–H groups in total. The third kappa shape index (κ3) is 4.91. The first-order chi connectivity index (χ1) is 16.0. The zero-order valence-electron chi connectivity index (χ0n) is 18.2. The van der Waals surface area contributed by atoms with Gasteiger partial charge in [0.05, 0.1) is 16.9 Å². The van der Waals surface area contributed by atoms with Crippen LogP contribution in [-0.2, 0) is 15.8 Å². The lowest BCUT2D eigenvalue weighted by Crippen LogP contribution is -2.15. The van der Waals surface area contributed by atoms with E-state index in [1.165, 1.54) is 0 Å². The largest absolute Gasteiger partial charge is 0.486 e. The Hall–Kier alpha value is -3.63. The predicted molar refractivity (Wildman–Crippen MR) is 127 cm³/mol. The van der Waals surface area contributed by atoms with Gasteiger partial charge < -0.3 is 9.47 Å². The number of rotatable bonds is 7. The molecule has 2 aliphatic rings. The molecule has 168 valence electrons. The van der Waals surface area contributed by atoms with E-state index in [0.717, 1.165) is 35.3 Å². The number of carbonyl (C=O) groups excluding carboxylic acids is 1. The van der Waals surface area contributed by atoms with Crippen LogP contribution in [0.3, 0.4) is 0 Å². The number of carbonyl (C=O) groups is 1. The zero-order chi connectivity index (χ0) is 23.4. The molecule has 3 unspecified atom stereocenters. The summed E-state index contributed by atoms with van der Waals surface area (Å²) in [5.74, 6) is 1.91. The Morgan fingerprint density at radius 2 is 1.88 bits per heavy atom. The average Bonchev–Trinajstić information content (AvgIpc) is 3.39. The molecule has 3 atom stereocenters. The molecule has 33 heavy (non-hydrogen) atoms. The molecular formula is C26H24N2O4S. The van der Waals surface area contributed by atoms with Crippen molar-refractivity contribution >= 4 is 16.9 Å². The summed E-state index contributed by atoms with van der Waals surface area (Å²) in [6.45, 7) is 5.91. The van der Waals surface area contributed by atoms with E-state index in [-0.39, 0.29) is 23.7 Å². The fourth-order valence-corrected chi connectivity index (χ4v) is 5.22. The first-order valence-corrected chi connectivity index (χ1v) is 11.9. The summed E-state index contributed by atoms with van der Waals surface area (Å²) in [7, 11) is -1.39. The maximum atomic E-state index is 12.0. The van der Waals surface area contributed by atoms with E-state index >= 15 is 0 Å². The lowest BCUT2D eigenvalue weighted by molar-refractivity contribution is -0.118. The van der Waals surface area contributed by atoms with Gasteiger partial charge in [0, 0.05) is 12.0 Å². The van der Waals surface area contributed by atoms with Gasteiger partial charge in [0.15, 0.2) is 0 Å². The van der Waals surface area contributed by atoms with E-state index in [1.54, 1.807) is 24.3 Å². The molecule has 1 aliphatic carbocycles. The Balaban J connectivity index is 1.48. The van der Waals surface area contributed by atoms with Crippen molar-refractivity contribution in [1.29, 1.82) is 5.26 Å². The van der Waals surface area contributed by atoms with E-state index < -0.39 is 11.0 Å². The summed E-state index contributed by atoms with van der Waals surface area (Å²) in [5.41, 5.74) is 3.45. The van der Waals surface area contributed by atoms with Crippen molar-refractivity contribution < 1.29 is 18.5 Å². The van der Waals surface area contributed by atoms with Crippen molar-refractivity contribution in [3.05, 3.63) is 95.3 Å². The van der Waals surface area contributed by atoms with Crippen LogP contribution in [0.4, 0.5) is 0 Å². The van der Waals surface area contributed by atoms with Crippen molar-refractivity contribution in [2.75, 3.05) is 0 Å². The van der Waals surface area contributed by atoms with Gasteiger partial charge in [-0.05, 0) is 73.4 Å². The highest BCUT2D eigenvalue weighted by Gasteiger charge is 2.31. The second-order valence-corrected chi connectivity index (χ2v) is 9.13. The fraction of sp³-hybridized carbons (Fsp3) is 0.231. The van der Waals surface area contributed by atoms with Crippen LogP contribution in [-0.4, -0.2) is 16.2 Å². The molecule has 0 aromatic heterocycles. The van der Waals surface area contributed by atoms with Crippen LogP contribution >= 0.6 is 0 Å². The molecule has 7 heteroatoms. The third-order valence-corrected chi connectivity index (χ3v) is 7.10. The molecule has 4 rings (SSSR count). The molecule has 0 bridgehead atoms. The molecule has 2 aromatic rings. The van der Waals surface area contributed by atoms with Crippen LogP contribution in [0.2, 0.25) is 0 Å². The normalized spacial score (nSPS) is 22.6. The second kappa shape index (κ2) is 9.88. The second-order valence-electron chi connectivity index (χ2n) is 7.76. The number of benzene rings is 2. The summed E-state index contributed by atoms with van der Waals surface area (Å²) < 4.78 is 26.8. The van der Waals surface area contributed by atoms with Gasteiger partial charge in [-0.15, -0.1) is 0 Å². The summed E-state index contributed by atoms with van der Waals surface area (Å²) in [6.07, 6.45) is 5.38. The van der Waals surface area contributed by atoms with Crippen molar-refractivity contribution in [2.45, 2.75) is 37.5 Å². The summed E-state index contributed by atoms with van der Waals surface area (Å²) in [4.78, 5) is 11.5. The van der Waals surface area contributed by atoms with Gasteiger partial charge in [0.2, 0.25) is 5.91 Å². The van der Waals surface area contributed by atoms with E-state index in [4.69, 9.17) is 14.7 Å². The highest BCUT2D eigenvalue weighted by atomic mass is 32.2. The van der Waals surface area contributed by atoms with Crippen molar-refractivity contribution in [3.63, 3.8) is 0 Å². The zero-order valence-corrected chi connectivity index (χ0v) is 19.1. The van der Waals surface area contributed by atoms with Crippen molar-refractivity contribution in [1.82, 2.24) is 4.72 Å². The number of ether oxygens (including phenoxy) is 2. The number of nitrogens with one attached hydrogen (secondary N) is 1. The van der Waals surface area contributed by atoms with Crippen LogP contribution in [0.5, 0.6) is 11.5 Å². The summed E-state index contributed by atoms with van der Waals surface area (Å²) >= 11 is 0. The van der Waals surface area contributed by atoms with Crippen LogP contribution in [0, 0.1) is 11.3 Å². The van der Waals surface area contributed by atoms with Crippen molar-refractivity contribution in [2.24, 2.45) is 0 Å². The van der Waals surface area contributed by atoms with Crippen LogP contribution < -0.4 is 14.2 Å². The molecule has 2 aromatic carbocycles. The average molecular weight is 461 g/mol. The van der Waals surface area contributed by atoms with Crippen LogP contribution in [0.15, 0.2) is 84.2 Å². The molecule has 1 heterocycles. The van der Waals surface area contributed by atoms with Gasteiger partial charge in [0.25, 0.3) is 0 Å². The van der Waals surface area contributed by atoms with E-state index in [9.17, 15) is 9.00 Å². The molecular weight excluding hydrogens is 436 g/mol. The number of amides is 1. The Bertz CT molecular complexity index is 1190. The maximum absolute atomic E-state index is 12.0. The van der Waals surface area contributed by atoms with E-state index in [2.05, 4.69) is 17.4 Å². The Morgan fingerprint density at radius 1 is 1.18 bits per heavy atom. The molecule has 0 spiro atoms. The minimum Gasteiger partial charge on any atom is -0.486 e. The third-order valence-electron chi connectivity index (χ3n) is 5.72. The monoisotopic (exact) mass is 460 g/mol. The Morgan fingerprint density at radius 3 is 2.45 bits per heavy atom. The Labute approximate surface area is 195 Å². The molecule has 1 fully saturated rings. The quantitative estimate of drug-likeness (QED) is 0.600. The summed E-state index contributed by atoms with van der Waals surface area (Å²) in [5, 5.41) is 8.65. The van der Waals surface area contributed by atoms with E-state index in [1.807, 2.05) is 43.3 Å². The molecule has 1 saturated heterocycles. The first kappa shape index (κ1) is 22.6. The molecule has 1 aliphatic heterocycles. The standard InChI is InChI=1S/C26H24N2O4S/c1-3-21-22(23(4-2)31-19-9-5-17(16-27)6-10-19)13-14-24(21)32-20-11-7-18(8-12-20)25-15-26(29)28-33(25)30/h3-12,24-25H,1,13-15H2,2H3,(H,28,29)/b23-4+. The minimum absolute atomic E-state index is 0.160. The van der Waals surface area contributed by atoms with Gasteiger partial charge in [0.1, 0.15) is 34.3 Å². The number of allylic oxidation sites excluding steroid dienone is 2. The predicted octanol–water partition coefficient (Wildman–Crippen LogP) is 4.79. The first-order valence-electron chi connectivity index (χ1n) is 10.7. The van der Waals surface area contributed by atoms with Gasteiger partial charge in [-0.25, -0.2) is 4.21 Å². The topological polar surface area (TPSA) is 88.4 Å². The SMILES string of the molecule is C=CC1=C(/C(=C\C)Oc2ccc(C#N)cc2)CCC1Oc1ccc(C2CC(=O)NS2=O)cc1. The number of nitriles is 1. The van der Waals surface area contributed by atoms with Gasteiger partial charge >= 0.3 is 0 Å². The molecule has 6 nitrogen and oxygen atoms in total. The summed E-state index contributed by atoms with van der Waals surface area (Å²) in [6, 6.07) is 16.5. The van der Waals surface area contributed by atoms with Crippen LogP contribution in [0.1, 0.15) is 42.6 Å².